The van der Waals surface area contributed by atoms with Crippen molar-refractivity contribution in [3.8, 4) is 28.1 Å². The summed E-state index contributed by atoms with van der Waals surface area (Å²) in [5.74, 6) is 0.979. The third-order valence-corrected chi connectivity index (χ3v) is 7.36. The maximum Gasteiger partial charge on any atom is 0.290 e. The summed E-state index contributed by atoms with van der Waals surface area (Å²) >= 11 is 0. The Kier molecular flexibility index (Phi) is 8.13. The van der Waals surface area contributed by atoms with Gasteiger partial charge in [-0.2, -0.15) is 0 Å². The molecule has 1 aliphatic heterocycles. The number of carbonyl (C=O) groups excluding carboxylic acids is 1. The summed E-state index contributed by atoms with van der Waals surface area (Å²) in [6, 6.07) is 20.8. The maximum atomic E-state index is 13.2. The van der Waals surface area contributed by atoms with E-state index in [0.29, 0.717) is 30.3 Å². The van der Waals surface area contributed by atoms with Gasteiger partial charge in [-0.1, -0.05) is 67.5 Å². The molecule has 0 spiro atoms. The smallest absolute Gasteiger partial charge is 0.290 e. The third-order valence-electron chi connectivity index (χ3n) is 7.36. The molecule has 202 valence electrons. The van der Waals surface area contributed by atoms with Crippen LogP contribution in [0, 0.1) is 6.92 Å². The van der Waals surface area contributed by atoms with Crippen LogP contribution in [0.1, 0.15) is 65.1 Å². The monoisotopic (exact) mass is 523 g/mol. The Labute approximate surface area is 230 Å². The van der Waals surface area contributed by atoms with Gasteiger partial charge in [0, 0.05) is 12.1 Å². The van der Waals surface area contributed by atoms with Crippen LogP contribution in [0.4, 0.5) is 0 Å². The molecule has 6 heteroatoms. The number of aryl methyl sites for hydroxylation is 1. The summed E-state index contributed by atoms with van der Waals surface area (Å²) in [5.41, 5.74) is 9.14. The van der Waals surface area contributed by atoms with E-state index in [1.165, 1.54) is 16.7 Å². The number of rotatable bonds is 8. The summed E-state index contributed by atoms with van der Waals surface area (Å²) in [6.07, 6.45) is 1.93. The van der Waals surface area contributed by atoms with Crippen molar-refractivity contribution in [2.24, 2.45) is 0 Å². The fraction of sp³-hybridized carbons (Fsp3) is 0.333. The van der Waals surface area contributed by atoms with Crippen molar-refractivity contribution < 1.29 is 14.1 Å². The van der Waals surface area contributed by atoms with Crippen LogP contribution in [0.25, 0.3) is 22.4 Å². The molecule has 2 heterocycles. The zero-order valence-electron chi connectivity index (χ0n) is 23.3. The lowest BCUT2D eigenvalue weighted by Crippen LogP contribution is -2.22. The highest BCUT2D eigenvalue weighted by molar-refractivity contribution is 6.02. The van der Waals surface area contributed by atoms with Crippen molar-refractivity contribution in [2.45, 2.75) is 53.1 Å². The Morgan fingerprint density at radius 1 is 1.05 bits per heavy atom. The van der Waals surface area contributed by atoms with E-state index in [1.54, 1.807) is 0 Å². The topological polar surface area (TPSA) is 76.4 Å². The van der Waals surface area contributed by atoms with Gasteiger partial charge in [0.1, 0.15) is 18.1 Å². The maximum absolute atomic E-state index is 13.2. The first-order chi connectivity index (χ1) is 19.0. The number of amides is 1. The minimum Gasteiger partial charge on any atom is -0.488 e. The van der Waals surface area contributed by atoms with Gasteiger partial charge < -0.3 is 19.9 Å². The molecule has 1 aliphatic rings. The average Bonchev–Trinajstić information content (AvgIpc) is 3.24. The van der Waals surface area contributed by atoms with Crippen LogP contribution < -0.4 is 15.4 Å². The summed E-state index contributed by atoms with van der Waals surface area (Å²) < 4.78 is 12.2. The molecule has 0 saturated heterocycles. The summed E-state index contributed by atoms with van der Waals surface area (Å²) in [4.78, 5) is 13.2. The standard InChI is InChI=1S/C33H37N3O3/c1-5-35-33(37)32-30(26-12-11-24-13-15-34-16-14-25(24)18-26)31(36-39-32)28-19-27(21(2)3)22(4)17-29(28)38-20-23-9-7-6-8-10-23/h6-12,17-19,21,34H,5,13-16,20H2,1-4H3,(H,35,37). The molecule has 0 radical (unpaired) electrons. The SMILES string of the molecule is CCNC(=O)c1onc(-c2cc(C(C)C)c(C)cc2OCc2ccccc2)c1-c1ccc2c(c1)CCNCC2. The number of carbonyl (C=O) groups is 1. The molecule has 0 atom stereocenters. The number of fused-ring (bicyclic) bond motifs is 1. The van der Waals surface area contributed by atoms with Crippen LogP contribution in [0.5, 0.6) is 5.75 Å². The van der Waals surface area contributed by atoms with Crippen molar-refractivity contribution in [3.05, 3.63) is 94.2 Å². The average molecular weight is 524 g/mol. The normalized spacial score (nSPS) is 13.2. The number of aromatic nitrogens is 1. The fourth-order valence-electron chi connectivity index (χ4n) is 5.33. The van der Waals surface area contributed by atoms with E-state index in [4.69, 9.17) is 9.26 Å². The second-order valence-corrected chi connectivity index (χ2v) is 10.5. The molecule has 0 aliphatic carbocycles. The van der Waals surface area contributed by atoms with Crippen molar-refractivity contribution in [3.63, 3.8) is 0 Å². The van der Waals surface area contributed by atoms with Crippen LogP contribution in [0.3, 0.4) is 0 Å². The molecule has 1 amide bonds. The minimum atomic E-state index is -0.272. The molecule has 0 saturated carbocycles. The number of hydrogen-bond acceptors (Lipinski definition) is 5. The van der Waals surface area contributed by atoms with Crippen molar-refractivity contribution in [1.29, 1.82) is 0 Å². The van der Waals surface area contributed by atoms with E-state index in [9.17, 15) is 4.79 Å². The van der Waals surface area contributed by atoms with Gasteiger partial charge in [-0.3, -0.25) is 4.79 Å². The quantitative estimate of drug-likeness (QED) is 0.277. The second kappa shape index (κ2) is 11.9. The molecular formula is C33H37N3O3. The van der Waals surface area contributed by atoms with Crippen LogP contribution in [0.2, 0.25) is 0 Å². The Bertz CT molecular complexity index is 1460. The van der Waals surface area contributed by atoms with Gasteiger partial charge in [-0.25, -0.2) is 0 Å². The van der Waals surface area contributed by atoms with Gasteiger partial charge in [0.15, 0.2) is 0 Å². The molecular weight excluding hydrogens is 486 g/mol. The molecule has 5 rings (SSSR count). The molecule has 0 bridgehead atoms. The first-order valence-electron chi connectivity index (χ1n) is 13.9. The van der Waals surface area contributed by atoms with Gasteiger partial charge in [0.25, 0.3) is 5.91 Å². The number of hydrogen-bond donors (Lipinski definition) is 2. The molecule has 39 heavy (non-hydrogen) atoms. The number of ether oxygens (including phenoxy) is 1. The van der Waals surface area contributed by atoms with Crippen molar-refractivity contribution in [2.75, 3.05) is 19.6 Å². The Balaban J connectivity index is 1.67. The fourth-order valence-corrected chi connectivity index (χ4v) is 5.33. The van der Waals surface area contributed by atoms with E-state index < -0.39 is 0 Å². The number of nitrogens with one attached hydrogen (secondary N) is 2. The largest absolute Gasteiger partial charge is 0.488 e. The predicted molar refractivity (Wildman–Crippen MR) is 155 cm³/mol. The molecule has 1 aromatic heterocycles. The molecule has 0 unspecified atom stereocenters. The van der Waals surface area contributed by atoms with E-state index in [1.807, 2.05) is 37.3 Å². The highest BCUT2D eigenvalue weighted by Gasteiger charge is 2.28. The molecule has 2 N–H and O–H groups in total. The van der Waals surface area contributed by atoms with E-state index in [0.717, 1.165) is 53.9 Å². The van der Waals surface area contributed by atoms with E-state index in [-0.39, 0.29) is 11.7 Å². The minimum absolute atomic E-state index is 0.222. The van der Waals surface area contributed by atoms with Gasteiger partial charge in [0.05, 0.1) is 5.56 Å². The second-order valence-electron chi connectivity index (χ2n) is 10.5. The summed E-state index contributed by atoms with van der Waals surface area (Å²) in [7, 11) is 0. The third kappa shape index (κ3) is 5.76. The van der Waals surface area contributed by atoms with Gasteiger partial charge in [0.2, 0.25) is 5.76 Å². The Morgan fingerprint density at radius 3 is 2.56 bits per heavy atom. The first-order valence-corrected chi connectivity index (χ1v) is 13.9. The van der Waals surface area contributed by atoms with Gasteiger partial charge in [-0.05, 0) is 91.2 Å². The van der Waals surface area contributed by atoms with Crippen molar-refractivity contribution >= 4 is 5.91 Å². The van der Waals surface area contributed by atoms with E-state index >= 15 is 0 Å². The summed E-state index contributed by atoms with van der Waals surface area (Å²) in [6.45, 7) is 11.2. The predicted octanol–water partition coefficient (Wildman–Crippen LogP) is 6.46. The lowest BCUT2D eigenvalue weighted by Gasteiger charge is -2.17. The van der Waals surface area contributed by atoms with Gasteiger partial charge in [-0.15, -0.1) is 0 Å². The van der Waals surface area contributed by atoms with Crippen LogP contribution in [0.15, 0.2) is 65.2 Å². The zero-order valence-corrected chi connectivity index (χ0v) is 23.3. The van der Waals surface area contributed by atoms with E-state index in [2.05, 4.69) is 66.9 Å². The first kappa shape index (κ1) is 26.7. The highest BCUT2D eigenvalue weighted by Crippen LogP contribution is 2.42. The Hall–Kier alpha value is -3.90. The summed E-state index contributed by atoms with van der Waals surface area (Å²) in [5, 5.41) is 10.9. The zero-order chi connectivity index (χ0) is 27.4. The number of benzene rings is 3. The lowest BCUT2D eigenvalue weighted by atomic mass is 9.90. The molecule has 6 nitrogen and oxygen atoms in total. The molecule has 4 aromatic rings. The van der Waals surface area contributed by atoms with Crippen LogP contribution in [-0.2, 0) is 19.4 Å². The lowest BCUT2D eigenvalue weighted by molar-refractivity contribution is 0.0920. The van der Waals surface area contributed by atoms with Crippen LogP contribution >= 0.6 is 0 Å². The van der Waals surface area contributed by atoms with Gasteiger partial charge >= 0.3 is 0 Å². The van der Waals surface area contributed by atoms with Crippen molar-refractivity contribution in [1.82, 2.24) is 15.8 Å². The number of nitrogens with zero attached hydrogens (tertiary/aromatic N) is 1. The highest BCUT2D eigenvalue weighted by atomic mass is 16.5. The van der Waals surface area contributed by atoms with Crippen LogP contribution in [-0.4, -0.2) is 30.7 Å². The Morgan fingerprint density at radius 2 is 1.82 bits per heavy atom. The molecule has 0 fully saturated rings. The molecule has 3 aromatic carbocycles.